The van der Waals surface area contributed by atoms with E-state index >= 15 is 4.39 Å². The zero-order valence-corrected chi connectivity index (χ0v) is 19.8. The van der Waals surface area contributed by atoms with Gasteiger partial charge in [0.1, 0.15) is 10.9 Å². The number of hydrogen-bond donors (Lipinski definition) is 0. The summed E-state index contributed by atoms with van der Waals surface area (Å²) in [6, 6.07) is 0. The number of ketones is 2. The van der Waals surface area contributed by atoms with Crippen molar-refractivity contribution in [3.63, 3.8) is 0 Å². The first-order chi connectivity index (χ1) is 14.3. The number of sulfone groups is 1. The average Bonchev–Trinajstić information content (AvgIpc) is 3.04. The predicted molar refractivity (Wildman–Crippen MR) is 113 cm³/mol. The van der Waals surface area contributed by atoms with Gasteiger partial charge in [0, 0.05) is 38.2 Å². The van der Waals surface area contributed by atoms with Crippen LogP contribution in [0.1, 0.15) is 59.3 Å². The van der Waals surface area contributed by atoms with Crippen LogP contribution in [-0.2, 0) is 28.9 Å². The van der Waals surface area contributed by atoms with Crippen molar-refractivity contribution in [1.82, 2.24) is 0 Å². The second kappa shape index (κ2) is 6.94. The van der Waals surface area contributed by atoms with E-state index < -0.39 is 49.4 Å². The molecule has 0 aliphatic heterocycles. The van der Waals surface area contributed by atoms with Gasteiger partial charge in [0.05, 0.1) is 0 Å². The second-order valence-corrected chi connectivity index (χ2v) is 12.8. The molecule has 0 radical (unpaired) electrons. The van der Waals surface area contributed by atoms with E-state index in [1.165, 1.54) is 13.0 Å². The number of rotatable bonds is 4. The number of carbonyl (C=O) groups is 2. The van der Waals surface area contributed by atoms with Gasteiger partial charge in [0.2, 0.25) is 11.6 Å². The molecule has 0 bridgehead atoms. The molecule has 0 heterocycles. The first-order valence-electron chi connectivity index (χ1n) is 11.1. The molecule has 0 N–H and O–H groups in total. The zero-order valence-electron chi connectivity index (χ0n) is 19.0. The highest BCUT2D eigenvalue weighted by Crippen LogP contribution is 2.70. The predicted octanol–water partition coefficient (Wildman–Crippen LogP) is 3.19. The van der Waals surface area contributed by atoms with Gasteiger partial charge in [-0.25, -0.2) is 12.8 Å². The van der Waals surface area contributed by atoms with E-state index in [1.54, 1.807) is 21.1 Å². The lowest BCUT2D eigenvalue weighted by molar-refractivity contribution is -0.206. The molecule has 174 valence electrons. The van der Waals surface area contributed by atoms with Crippen molar-refractivity contribution in [1.29, 1.82) is 0 Å². The molecule has 4 rings (SSSR count). The number of halogens is 1. The van der Waals surface area contributed by atoms with Gasteiger partial charge in [-0.1, -0.05) is 26.3 Å². The van der Waals surface area contributed by atoms with Crippen molar-refractivity contribution in [2.24, 2.45) is 22.7 Å². The molecular weight excluding hydrogens is 423 g/mol. The summed E-state index contributed by atoms with van der Waals surface area (Å²) in [5.74, 6) is -3.41. The standard InChI is InChI=1S/C23H33FO6S/c1-6-31(27,28)19-18(26)17(25)11-14-7-8-15-16-12-22(29-4,30-5)13-20(16,2)9-10-23(15,24)21(14,19)3/h11,15-16,19H,6-10,12-13H2,1-5H3/t15-,16-,19?,20+,21+,23?/m0/s1. The minimum Gasteiger partial charge on any atom is -0.353 e. The number of Topliss-reactive ketones (excluding diaryl/α,β-unsaturated/α-hetero) is 1. The fourth-order valence-corrected chi connectivity index (χ4v) is 9.34. The number of carbonyl (C=O) groups excluding carboxylic acids is 2. The molecule has 0 aromatic carbocycles. The maximum Gasteiger partial charge on any atom is 0.222 e. The minimum absolute atomic E-state index is 0.0674. The number of hydrogen-bond acceptors (Lipinski definition) is 6. The van der Waals surface area contributed by atoms with Crippen LogP contribution in [0.4, 0.5) is 4.39 Å². The van der Waals surface area contributed by atoms with Gasteiger partial charge in [0.15, 0.2) is 15.6 Å². The van der Waals surface area contributed by atoms with Gasteiger partial charge in [-0.3, -0.25) is 9.59 Å². The highest BCUT2D eigenvalue weighted by Gasteiger charge is 2.73. The summed E-state index contributed by atoms with van der Waals surface area (Å²) in [4.78, 5) is 25.3. The summed E-state index contributed by atoms with van der Waals surface area (Å²) in [5.41, 5.74) is -3.16. The van der Waals surface area contributed by atoms with Crippen LogP contribution < -0.4 is 0 Å². The maximum absolute atomic E-state index is 17.4. The van der Waals surface area contributed by atoms with Gasteiger partial charge < -0.3 is 9.47 Å². The smallest absolute Gasteiger partial charge is 0.222 e. The molecule has 0 spiro atoms. The Hall–Kier alpha value is -1.12. The lowest BCUT2D eigenvalue weighted by Crippen LogP contribution is -2.67. The van der Waals surface area contributed by atoms with Gasteiger partial charge in [-0.15, -0.1) is 0 Å². The highest BCUT2D eigenvalue weighted by molar-refractivity contribution is 7.92. The first kappa shape index (κ1) is 23.1. The maximum atomic E-state index is 17.4. The van der Waals surface area contributed by atoms with Crippen molar-refractivity contribution in [2.75, 3.05) is 20.0 Å². The summed E-state index contributed by atoms with van der Waals surface area (Å²) in [7, 11) is -0.786. The fraction of sp³-hybridized carbons (Fsp3) is 0.826. The Morgan fingerprint density at radius 1 is 1.13 bits per heavy atom. The van der Waals surface area contributed by atoms with E-state index in [2.05, 4.69) is 6.92 Å². The van der Waals surface area contributed by atoms with Crippen LogP contribution in [0.25, 0.3) is 0 Å². The SMILES string of the molecule is CCS(=O)(=O)C1C(=O)C(=O)C=C2CC[C@H]3[C@@H]4CC(OC)(OC)C[C@@]4(C)CCC3(F)[C@]21C. The number of alkyl halides is 1. The van der Waals surface area contributed by atoms with E-state index in [0.717, 1.165) is 0 Å². The van der Waals surface area contributed by atoms with Crippen LogP contribution in [0, 0.1) is 22.7 Å². The van der Waals surface area contributed by atoms with Gasteiger partial charge >= 0.3 is 0 Å². The molecule has 31 heavy (non-hydrogen) atoms. The Bertz CT molecular complexity index is 953. The van der Waals surface area contributed by atoms with E-state index in [4.69, 9.17) is 9.47 Å². The third-order valence-electron chi connectivity index (χ3n) is 9.30. The van der Waals surface area contributed by atoms with Crippen molar-refractivity contribution in [3.05, 3.63) is 11.6 Å². The summed E-state index contributed by atoms with van der Waals surface area (Å²) in [6.45, 7) is 5.16. The molecule has 8 heteroatoms. The average molecular weight is 457 g/mol. The molecule has 4 aliphatic carbocycles. The van der Waals surface area contributed by atoms with Crippen molar-refractivity contribution in [3.8, 4) is 0 Å². The van der Waals surface area contributed by atoms with Crippen LogP contribution in [0.15, 0.2) is 11.6 Å². The Kier molecular flexibility index (Phi) is 5.16. The molecule has 0 aromatic rings. The van der Waals surface area contributed by atoms with Crippen LogP contribution >= 0.6 is 0 Å². The first-order valence-corrected chi connectivity index (χ1v) is 12.9. The molecule has 2 unspecified atom stereocenters. The van der Waals surface area contributed by atoms with Crippen molar-refractivity contribution < 1.29 is 31.9 Å². The monoisotopic (exact) mass is 456 g/mol. The molecular formula is C23H33FO6S. The topological polar surface area (TPSA) is 86.7 Å². The third kappa shape index (κ3) is 2.83. The molecule has 0 aromatic heterocycles. The van der Waals surface area contributed by atoms with Crippen molar-refractivity contribution in [2.45, 2.75) is 76.0 Å². The van der Waals surface area contributed by atoms with E-state index in [-0.39, 0.29) is 23.5 Å². The fourth-order valence-electron chi connectivity index (χ4n) is 7.50. The van der Waals surface area contributed by atoms with Crippen LogP contribution in [-0.4, -0.2) is 56.7 Å². The molecule has 6 nitrogen and oxygen atoms in total. The molecule has 6 atom stereocenters. The molecule has 3 saturated carbocycles. The molecule has 0 saturated heterocycles. The van der Waals surface area contributed by atoms with Gasteiger partial charge in [-0.05, 0) is 49.0 Å². The van der Waals surface area contributed by atoms with Crippen molar-refractivity contribution >= 4 is 21.4 Å². The normalized spacial score (nSPS) is 44.3. The largest absolute Gasteiger partial charge is 0.353 e. The third-order valence-corrected chi connectivity index (χ3v) is 11.5. The van der Waals surface area contributed by atoms with Crippen LogP contribution in [0.2, 0.25) is 0 Å². The Balaban J connectivity index is 1.87. The minimum atomic E-state index is -3.99. The zero-order chi connectivity index (χ0) is 23.0. The Labute approximate surface area is 183 Å². The van der Waals surface area contributed by atoms with Gasteiger partial charge in [-0.2, -0.15) is 0 Å². The number of allylic oxidation sites excluding steroid dienone is 1. The molecule has 4 aliphatic rings. The quantitative estimate of drug-likeness (QED) is 0.477. The number of ether oxygens (including phenoxy) is 2. The summed E-state index contributed by atoms with van der Waals surface area (Å²) in [5, 5.41) is -1.66. The summed E-state index contributed by atoms with van der Waals surface area (Å²) >= 11 is 0. The van der Waals surface area contributed by atoms with Gasteiger partial charge in [0.25, 0.3) is 0 Å². The second-order valence-electron chi connectivity index (χ2n) is 10.4. The highest BCUT2D eigenvalue weighted by atomic mass is 32.2. The number of fused-ring (bicyclic) bond motifs is 5. The summed E-state index contributed by atoms with van der Waals surface area (Å²) in [6.07, 6.45) is 4.03. The molecule has 0 amide bonds. The summed E-state index contributed by atoms with van der Waals surface area (Å²) < 4.78 is 55.0. The lowest BCUT2D eigenvalue weighted by Gasteiger charge is -2.61. The van der Waals surface area contributed by atoms with Crippen LogP contribution in [0.5, 0.6) is 0 Å². The lowest BCUT2D eigenvalue weighted by atomic mass is 9.45. The Morgan fingerprint density at radius 2 is 1.77 bits per heavy atom. The molecule has 3 fully saturated rings. The van der Waals surface area contributed by atoms with E-state index in [9.17, 15) is 18.0 Å². The van der Waals surface area contributed by atoms with Crippen LogP contribution in [0.3, 0.4) is 0 Å². The Morgan fingerprint density at radius 3 is 2.35 bits per heavy atom. The van der Waals surface area contributed by atoms with E-state index in [1.807, 2.05) is 0 Å². The number of methoxy groups -OCH3 is 2. The van der Waals surface area contributed by atoms with E-state index in [0.29, 0.717) is 37.7 Å².